The molecule has 4 aromatic rings. The molecule has 0 fully saturated rings. The Balaban J connectivity index is 1.67. The van der Waals surface area contributed by atoms with Crippen LogP contribution in [0.25, 0.3) is 22.0 Å². The van der Waals surface area contributed by atoms with Crippen LogP contribution in [0.1, 0.15) is 27.0 Å². The fourth-order valence-electron chi connectivity index (χ4n) is 3.99. The number of aryl methyl sites for hydroxylation is 3. The summed E-state index contributed by atoms with van der Waals surface area (Å²) in [4.78, 5) is 16.2. The van der Waals surface area contributed by atoms with Crippen molar-refractivity contribution in [2.45, 2.75) is 25.7 Å². The van der Waals surface area contributed by atoms with E-state index in [0.29, 0.717) is 22.2 Å². The van der Waals surface area contributed by atoms with Crippen molar-refractivity contribution >= 4 is 32.7 Å². The molecule has 0 aliphatic carbocycles. The second kappa shape index (κ2) is 8.09. The van der Waals surface area contributed by atoms with Crippen molar-refractivity contribution in [3.63, 3.8) is 0 Å². The zero-order valence-electron chi connectivity index (χ0n) is 18.0. The summed E-state index contributed by atoms with van der Waals surface area (Å²) in [5.41, 5.74) is 10.6. The first kappa shape index (κ1) is 21.5. The molecule has 1 aromatic heterocycles. The summed E-state index contributed by atoms with van der Waals surface area (Å²) in [5, 5.41) is 0.845. The first-order chi connectivity index (χ1) is 15.1. The second-order valence-corrected chi connectivity index (χ2v) is 9.50. The van der Waals surface area contributed by atoms with Crippen LogP contribution in [-0.4, -0.2) is 19.3 Å². The first-order valence-electron chi connectivity index (χ1n) is 10.1. The van der Waals surface area contributed by atoms with Crippen molar-refractivity contribution in [3.05, 3.63) is 89.0 Å². The number of rotatable bonds is 5. The van der Waals surface area contributed by atoms with Gasteiger partial charge in [0.05, 0.1) is 10.4 Å². The number of amides is 1. The summed E-state index contributed by atoms with van der Waals surface area (Å²) >= 11 is 0. The Morgan fingerprint density at radius 3 is 2.25 bits per heavy atom. The number of aromatic nitrogens is 1. The number of nitrogens with one attached hydrogen (secondary N) is 1. The van der Waals surface area contributed by atoms with Gasteiger partial charge in [-0.15, -0.1) is 0 Å². The maximum absolute atomic E-state index is 13.0. The maximum atomic E-state index is 13.0. The zero-order valence-corrected chi connectivity index (χ0v) is 18.8. The van der Waals surface area contributed by atoms with Crippen LogP contribution in [-0.2, 0) is 10.0 Å². The average Bonchev–Trinajstić information content (AvgIpc) is 2.72. The van der Waals surface area contributed by atoms with Crippen molar-refractivity contribution in [1.29, 1.82) is 0 Å². The summed E-state index contributed by atoms with van der Waals surface area (Å²) in [5.74, 6) is -0.231. The Bertz CT molecular complexity index is 1450. The summed E-state index contributed by atoms with van der Waals surface area (Å²) in [6.45, 7) is 5.52. The lowest BCUT2D eigenvalue weighted by Crippen LogP contribution is -2.16. The minimum absolute atomic E-state index is 0.250. The van der Waals surface area contributed by atoms with Gasteiger partial charge in [-0.1, -0.05) is 35.9 Å². The van der Waals surface area contributed by atoms with E-state index in [1.54, 1.807) is 38.1 Å². The molecule has 0 saturated carbocycles. The molecule has 3 aromatic carbocycles. The largest absolute Gasteiger partial charge is 0.366 e. The minimum atomic E-state index is -3.78. The molecule has 7 heteroatoms. The molecule has 0 spiro atoms. The highest BCUT2D eigenvalue weighted by molar-refractivity contribution is 7.92. The summed E-state index contributed by atoms with van der Waals surface area (Å²) in [6, 6.07) is 19.9. The zero-order chi connectivity index (χ0) is 23.0. The van der Waals surface area contributed by atoms with Gasteiger partial charge in [0.15, 0.2) is 0 Å². The van der Waals surface area contributed by atoms with E-state index in [4.69, 9.17) is 5.73 Å². The molecular formula is C25H23N3O3S. The number of anilines is 1. The summed E-state index contributed by atoms with van der Waals surface area (Å²) in [7, 11) is -3.78. The van der Waals surface area contributed by atoms with Crippen LogP contribution in [0, 0.1) is 20.8 Å². The Kier molecular flexibility index (Phi) is 5.44. The Hall–Kier alpha value is -3.71. The fraction of sp³-hybridized carbons (Fsp3) is 0.120. The van der Waals surface area contributed by atoms with E-state index < -0.39 is 15.9 Å². The highest BCUT2D eigenvalue weighted by Crippen LogP contribution is 2.27. The number of carbonyl (C=O) groups excluding carboxylic acids is 1. The molecule has 0 aliphatic rings. The van der Waals surface area contributed by atoms with Crippen LogP contribution in [0.3, 0.4) is 0 Å². The van der Waals surface area contributed by atoms with E-state index in [2.05, 4.69) is 9.71 Å². The minimum Gasteiger partial charge on any atom is -0.366 e. The molecule has 1 amide bonds. The van der Waals surface area contributed by atoms with Gasteiger partial charge in [0.2, 0.25) is 5.91 Å². The predicted molar refractivity (Wildman–Crippen MR) is 127 cm³/mol. The molecule has 0 atom stereocenters. The van der Waals surface area contributed by atoms with Gasteiger partial charge >= 0.3 is 0 Å². The van der Waals surface area contributed by atoms with E-state index in [0.717, 1.165) is 22.1 Å². The molecule has 32 heavy (non-hydrogen) atoms. The number of benzene rings is 3. The van der Waals surface area contributed by atoms with Crippen molar-refractivity contribution in [2.24, 2.45) is 5.73 Å². The number of carbonyl (C=O) groups is 1. The summed E-state index contributed by atoms with van der Waals surface area (Å²) in [6.07, 6.45) is 0. The maximum Gasteiger partial charge on any atom is 0.263 e. The van der Waals surface area contributed by atoms with E-state index in [9.17, 15) is 13.2 Å². The van der Waals surface area contributed by atoms with Gasteiger partial charge in [-0.05, 0) is 79.4 Å². The number of hydrogen-bond donors (Lipinski definition) is 2. The van der Waals surface area contributed by atoms with E-state index in [1.807, 2.05) is 49.4 Å². The lowest BCUT2D eigenvalue weighted by Gasteiger charge is -2.14. The van der Waals surface area contributed by atoms with Crippen LogP contribution in [0.15, 0.2) is 71.6 Å². The molecule has 3 N–H and O–H groups in total. The van der Waals surface area contributed by atoms with Crippen LogP contribution < -0.4 is 10.5 Å². The van der Waals surface area contributed by atoms with Gasteiger partial charge < -0.3 is 5.73 Å². The number of hydrogen-bond acceptors (Lipinski definition) is 4. The highest BCUT2D eigenvalue weighted by atomic mass is 32.2. The normalized spacial score (nSPS) is 11.5. The van der Waals surface area contributed by atoms with Gasteiger partial charge in [-0.3, -0.25) is 9.52 Å². The monoisotopic (exact) mass is 445 g/mol. The van der Waals surface area contributed by atoms with Gasteiger partial charge in [-0.25, -0.2) is 13.4 Å². The molecule has 162 valence electrons. The van der Waals surface area contributed by atoms with E-state index in [-0.39, 0.29) is 10.7 Å². The van der Waals surface area contributed by atoms with Crippen LogP contribution >= 0.6 is 0 Å². The number of nitrogens with two attached hydrogens (primary N) is 1. The molecule has 0 aliphatic heterocycles. The molecule has 4 rings (SSSR count). The molecule has 0 radical (unpaired) electrons. The number of fused-ring (bicyclic) bond motifs is 1. The van der Waals surface area contributed by atoms with Crippen LogP contribution in [0.5, 0.6) is 0 Å². The Morgan fingerprint density at radius 2 is 1.56 bits per heavy atom. The van der Waals surface area contributed by atoms with Crippen LogP contribution in [0.2, 0.25) is 0 Å². The van der Waals surface area contributed by atoms with Gasteiger partial charge in [0, 0.05) is 10.9 Å². The van der Waals surface area contributed by atoms with Crippen molar-refractivity contribution < 1.29 is 13.2 Å². The van der Waals surface area contributed by atoms with Gasteiger partial charge in [0.1, 0.15) is 5.82 Å². The van der Waals surface area contributed by atoms with Gasteiger partial charge in [-0.2, -0.15) is 0 Å². The van der Waals surface area contributed by atoms with E-state index >= 15 is 0 Å². The third-order valence-electron chi connectivity index (χ3n) is 5.28. The standard InChI is InChI=1S/C25H23N3O3S/c1-15-11-16(2)24(17(3)12-15)32(30,31)28-23-10-8-20-13-19(7-9-22(20)27-23)18-5-4-6-21(14-18)25(26)29/h4-14H,1-3H3,(H2,26,29)(H,27,28). The quantitative estimate of drug-likeness (QED) is 0.464. The lowest BCUT2D eigenvalue weighted by atomic mass is 10.0. The summed E-state index contributed by atoms with van der Waals surface area (Å²) < 4.78 is 28.7. The van der Waals surface area contributed by atoms with Crippen molar-refractivity contribution in [1.82, 2.24) is 4.98 Å². The second-order valence-electron chi connectivity index (χ2n) is 7.88. The van der Waals surface area contributed by atoms with Crippen molar-refractivity contribution in [3.8, 4) is 11.1 Å². The number of nitrogens with zero attached hydrogens (tertiary/aromatic N) is 1. The van der Waals surface area contributed by atoms with Crippen molar-refractivity contribution in [2.75, 3.05) is 4.72 Å². The number of pyridine rings is 1. The third kappa shape index (κ3) is 4.20. The fourth-order valence-corrected chi connectivity index (χ4v) is 5.45. The predicted octanol–water partition coefficient (Wildman–Crippen LogP) is 4.73. The molecular weight excluding hydrogens is 422 g/mol. The molecule has 0 unspecified atom stereocenters. The number of sulfonamides is 1. The van der Waals surface area contributed by atoms with E-state index in [1.165, 1.54) is 0 Å². The number of primary amides is 1. The molecule has 1 heterocycles. The molecule has 6 nitrogen and oxygen atoms in total. The molecule has 0 saturated heterocycles. The topological polar surface area (TPSA) is 102 Å². The molecule has 0 bridgehead atoms. The highest BCUT2D eigenvalue weighted by Gasteiger charge is 2.20. The lowest BCUT2D eigenvalue weighted by molar-refractivity contribution is 0.100. The third-order valence-corrected chi connectivity index (χ3v) is 6.94. The van der Waals surface area contributed by atoms with Gasteiger partial charge in [0.25, 0.3) is 10.0 Å². The Morgan fingerprint density at radius 1 is 0.875 bits per heavy atom. The average molecular weight is 446 g/mol. The van der Waals surface area contributed by atoms with Crippen LogP contribution in [0.4, 0.5) is 5.82 Å². The SMILES string of the molecule is Cc1cc(C)c(S(=O)(=O)Nc2ccc3cc(-c4cccc(C(N)=O)c4)ccc3n2)c(C)c1. The smallest absolute Gasteiger partial charge is 0.263 e. The Labute approximate surface area is 187 Å². The first-order valence-corrected chi connectivity index (χ1v) is 11.5.